The van der Waals surface area contributed by atoms with Crippen LogP contribution in [0.25, 0.3) is 0 Å². The minimum atomic E-state index is -0.0545. The maximum absolute atomic E-state index is 11.1. The zero-order chi connectivity index (χ0) is 13.7. The van der Waals surface area contributed by atoms with Crippen molar-refractivity contribution in [3.05, 3.63) is 17.7 Å². The second-order valence-electron chi connectivity index (χ2n) is 4.12. The summed E-state index contributed by atoms with van der Waals surface area (Å²) in [5.74, 6) is 2.01. The number of carbonyl (C=O) groups is 1. The molecule has 1 heterocycles. The van der Waals surface area contributed by atoms with Crippen LogP contribution in [0.4, 0.5) is 0 Å². The Kier molecular flexibility index (Phi) is 4.46. The van der Waals surface area contributed by atoms with Gasteiger partial charge in [-0.1, -0.05) is 0 Å². The number of benzene rings is 1. The van der Waals surface area contributed by atoms with Gasteiger partial charge >= 0.3 is 0 Å². The molecule has 1 amide bonds. The highest BCUT2D eigenvalue weighted by Crippen LogP contribution is 2.38. The van der Waals surface area contributed by atoms with E-state index in [-0.39, 0.29) is 12.7 Å². The van der Waals surface area contributed by atoms with Crippen LogP contribution in [0, 0.1) is 0 Å². The van der Waals surface area contributed by atoms with E-state index in [4.69, 9.17) is 19.9 Å². The zero-order valence-corrected chi connectivity index (χ0v) is 10.9. The molecule has 0 unspecified atom stereocenters. The number of ether oxygens (including phenoxy) is 3. The van der Waals surface area contributed by atoms with Crippen molar-refractivity contribution in [2.75, 3.05) is 27.0 Å². The Balaban J connectivity index is 2.07. The summed E-state index contributed by atoms with van der Waals surface area (Å²) in [5.41, 5.74) is 6.54. The van der Waals surface area contributed by atoms with E-state index in [2.05, 4.69) is 5.32 Å². The van der Waals surface area contributed by atoms with Gasteiger partial charge in [-0.05, 0) is 24.6 Å². The summed E-state index contributed by atoms with van der Waals surface area (Å²) in [6.45, 7) is 1.06. The van der Waals surface area contributed by atoms with Crippen LogP contribution in [0.3, 0.4) is 0 Å². The maximum atomic E-state index is 11.1. The van der Waals surface area contributed by atoms with Gasteiger partial charge < -0.3 is 25.3 Å². The molecule has 104 valence electrons. The smallest absolute Gasteiger partial charge is 0.231 e. The molecule has 1 aromatic rings. The third-order valence-corrected chi connectivity index (χ3v) is 2.83. The molecule has 1 aliphatic heterocycles. The lowest BCUT2D eigenvalue weighted by atomic mass is 10.1. The average molecular weight is 266 g/mol. The molecule has 0 spiro atoms. The summed E-state index contributed by atoms with van der Waals surface area (Å²) in [4.78, 5) is 11.1. The topological polar surface area (TPSA) is 82.8 Å². The summed E-state index contributed by atoms with van der Waals surface area (Å²) in [5, 5.41) is 2.55. The molecule has 6 heteroatoms. The first kappa shape index (κ1) is 13.5. The summed E-state index contributed by atoms with van der Waals surface area (Å²) >= 11 is 0. The van der Waals surface area contributed by atoms with Crippen LogP contribution >= 0.6 is 0 Å². The molecule has 6 nitrogen and oxygen atoms in total. The van der Waals surface area contributed by atoms with Crippen molar-refractivity contribution in [3.63, 3.8) is 0 Å². The van der Waals surface area contributed by atoms with E-state index in [9.17, 15) is 4.79 Å². The molecule has 0 bridgehead atoms. The van der Waals surface area contributed by atoms with Crippen LogP contribution < -0.4 is 25.3 Å². The summed E-state index contributed by atoms with van der Waals surface area (Å²) in [6.07, 6.45) is 0.999. The average Bonchev–Trinajstić information content (AvgIpc) is 2.86. The molecule has 0 saturated heterocycles. The number of carbonyl (C=O) groups excluding carboxylic acids is 1. The number of amides is 1. The van der Waals surface area contributed by atoms with Crippen LogP contribution in [-0.2, 0) is 11.2 Å². The van der Waals surface area contributed by atoms with Gasteiger partial charge in [0.2, 0.25) is 12.7 Å². The summed E-state index contributed by atoms with van der Waals surface area (Å²) in [6, 6.07) is 3.67. The molecule has 0 aromatic heterocycles. The number of hydrogen-bond donors (Lipinski definition) is 2. The third kappa shape index (κ3) is 3.29. The minimum absolute atomic E-state index is 0.0545. The van der Waals surface area contributed by atoms with Crippen molar-refractivity contribution in [1.29, 1.82) is 0 Å². The molecule has 0 atom stereocenters. The Morgan fingerprint density at radius 3 is 2.84 bits per heavy atom. The number of hydrogen-bond acceptors (Lipinski definition) is 5. The first-order chi connectivity index (χ1) is 9.24. The maximum Gasteiger partial charge on any atom is 0.231 e. The van der Waals surface area contributed by atoms with Crippen molar-refractivity contribution < 1.29 is 19.0 Å². The minimum Gasteiger partial charge on any atom is -0.493 e. The molecule has 2 rings (SSSR count). The molecule has 0 radical (unpaired) electrons. The standard InChI is InChI=1S/C13H18N2O4/c1-15-13(16)3-5-17-10-7-12-11(18-8-19-12)6-9(10)2-4-14/h6-7H,2-5,8,14H2,1H3,(H,15,16). The SMILES string of the molecule is CNC(=O)CCOc1cc2c(cc1CCN)OCO2. The Labute approximate surface area is 111 Å². The van der Waals surface area contributed by atoms with Crippen LogP contribution in [-0.4, -0.2) is 32.9 Å². The van der Waals surface area contributed by atoms with Gasteiger partial charge in [0.1, 0.15) is 5.75 Å². The highest BCUT2D eigenvalue weighted by molar-refractivity contribution is 5.75. The summed E-state index contributed by atoms with van der Waals surface area (Å²) in [7, 11) is 1.60. The highest BCUT2D eigenvalue weighted by Gasteiger charge is 2.17. The molecular weight excluding hydrogens is 248 g/mol. The fourth-order valence-electron chi connectivity index (χ4n) is 1.83. The van der Waals surface area contributed by atoms with E-state index in [1.807, 2.05) is 6.07 Å². The van der Waals surface area contributed by atoms with Gasteiger partial charge in [-0.2, -0.15) is 0 Å². The van der Waals surface area contributed by atoms with Crippen molar-refractivity contribution in [2.45, 2.75) is 12.8 Å². The van der Waals surface area contributed by atoms with E-state index in [0.717, 1.165) is 5.56 Å². The van der Waals surface area contributed by atoms with E-state index in [0.29, 0.717) is 43.2 Å². The zero-order valence-electron chi connectivity index (χ0n) is 10.9. The number of rotatable bonds is 6. The van der Waals surface area contributed by atoms with Gasteiger partial charge in [0.15, 0.2) is 11.5 Å². The molecule has 19 heavy (non-hydrogen) atoms. The van der Waals surface area contributed by atoms with Crippen molar-refractivity contribution in [3.8, 4) is 17.2 Å². The van der Waals surface area contributed by atoms with Crippen molar-refractivity contribution in [2.24, 2.45) is 5.73 Å². The van der Waals surface area contributed by atoms with Gasteiger partial charge in [0, 0.05) is 13.1 Å². The van der Waals surface area contributed by atoms with Crippen molar-refractivity contribution >= 4 is 5.91 Å². The second kappa shape index (κ2) is 6.29. The number of nitrogens with two attached hydrogens (primary N) is 1. The Bertz CT molecular complexity index is 462. The first-order valence-corrected chi connectivity index (χ1v) is 6.20. The second-order valence-corrected chi connectivity index (χ2v) is 4.12. The lowest BCUT2D eigenvalue weighted by Gasteiger charge is -2.12. The number of fused-ring (bicyclic) bond motifs is 1. The van der Waals surface area contributed by atoms with E-state index >= 15 is 0 Å². The Morgan fingerprint density at radius 2 is 2.16 bits per heavy atom. The van der Waals surface area contributed by atoms with E-state index in [1.54, 1.807) is 13.1 Å². The quantitative estimate of drug-likeness (QED) is 0.780. The van der Waals surface area contributed by atoms with Gasteiger partial charge in [-0.25, -0.2) is 0 Å². The molecule has 0 aliphatic carbocycles. The lowest BCUT2D eigenvalue weighted by molar-refractivity contribution is -0.121. The van der Waals surface area contributed by atoms with E-state index in [1.165, 1.54) is 0 Å². The van der Waals surface area contributed by atoms with Gasteiger partial charge in [0.05, 0.1) is 13.0 Å². The molecule has 0 saturated carbocycles. The first-order valence-electron chi connectivity index (χ1n) is 6.20. The van der Waals surface area contributed by atoms with Crippen LogP contribution in [0.15, 0.2) is 12.1 Å². The van der Waals surface area contributed by atoms with Crippen LogP contribution in [0.5, 0.6) is 17.2 Å². The lowest BCUT2D eigenvalue weighted by Crippen LogP contribution is -2.20. The van der Waals surface area contributed by atoms with Crippen molar-refractivity contribution in [1.82, 2.24) is 5.32 Å². The predicted octanol–water partition coefficient (Wildman–Crippen LogP) is 0.431. The van der Waals surface area contributed by atoms with E-state index < -0.39 is 0 Å². The molecule has 0 fully saturated rings. The molecular formula is C13H18N2O4. The van der Waals surface area contributed by atoms with Crippen LogP contribution in [0.1, 0.15) is 12.0 Å². The highest BCUT2D eigenvalue weighted by atomic mass is 16.7. The Hall–Kier alpha value is -1.95. The Morgan fingerprint density at radius 1 is 1.42 bits per heavy atom. The van der Waals surface area contributed by atoms with Gasteiger partial charge in [0.25, 0.3) is 0 Å². The number of nitrogens with one attached hydrogen (secondary N) is 1. The fourth-order valence-corrected chi connectivity index (χ4v) is 1.83. The third-order valence-electron chi connectivity index (χ3n) is 2.83. The molecule has 1 aromatic carbocycles. The predicted molar refractivity (Wildman–Crippen MR) is 69.5 cm³/mol. The molecule has 1 aliphatic rings. The molecule has 3 N–H and O–H groups in total. The normalized spacial score (nSPS) is 12.3. The monoisotopic (exact) mass is 266 g/mol. The van der Waals surface area contributed by atoms with Gasteiger partial charge in [-0.15, -0.1) is 0 Å². The van der Waals surface area contributed by atoms with Crippen LogP contribution in [0.2, 0.25) is 0 Å². The fraction of sp³-hybridized carbons (Fsp3) is 0.462. The van der Waals surface area contributed by atoms with Gasteiger partial charge in [-0.3, -0.25) is 4.79 Å². The largest absolute Gasteiger partial charge is 0.493 e. The summed E-state index contributed by atoms with van der Waals surface area (Å²) < 4.78 is 16.3.